The lowest BCUT2D eigenvalue weighted by atomic mass is 10.2. The van der Waals surface area contributed by atoms with E-state index in [9.17, 15) is 8.42 Å². The molecule has 90 valence electrons. The predicted molar refractivity (Wildman–Crippen MR) is 60.7 cm³/mol. The van der Waals surface area contributed by atoms with Gasteiger partial charge >= 0.3 is 0 Å². The second-order valence-corrected chi connectivity index (χ2v) is 5.53. The van der Waals surface area contributed by atoms with Gasteiger partial charge in [-0.25, -0.2) is 8.42 Å². The first-order valence-corrected chi connectivity index (χ1v) is 6.73. The number of nitrogens with two attached hydrogens (primary N) is 1. The van der Waals surface area contributed by atoms with Gasteiger partial charge in [0.1, 0.15) is 0 Å². The van der Waals surface area contributed by atoms with E-state index in [1.807, 2.05) is 0 Å². The third-order valence-corrected chi connectivity index (χ3v) is 3.31. The van der Waals surface area contributed by atoms with Crippen molar-refractivity contribution in [2.75, 3.05) is 6.26 Å². The summed E-state index contributed by atoms with van der Waals surface area (Å²) in [6.07, 6.45) is 1.16. The fourth-order valence-corrected chi connectivity index (χ4v) is 1.94. The number of benzene rings is 1. The maximum atomic E-state index is 11.3. The molecule has 2 aromatic rings. The molecular formula is C10H11N3O3S. The van der Waals surface area contributed by atoms with E-state index in [2.05, 4.69) is 10.1 Å². The van der Waals surface area contributed by atoms with Crippen LogP contribution in [0, 0.1) is 0 Å². The lowest BCUT2D eigenvalue weighted by Gasteiger charge is -1.98. The molecule has 0 fully saturated rings. The number of rotatable bonds is 3. The molecule has 0 saturated carbocycles. The largest absolute Gasteiger partial charge is 0.338 e. The van der Waals surface area contributed by atoms with Gasteiger partial charge in [-0.15, -0.1) is 0 Å². The number of sulfone groups is 1. The first-order valence-electron chi connectivity index (χ1n) is 4.84. The van der Waals surface area contributed by atoms with Crippen molar-refractivity contribution in [3.05, 3.63) is 30.2 Å². The Bertz CT molecular complexity index is 617. The number of hydrogen-bond donors (Lipinski definition) is 1. The SMILES string of the molecule is CS(=O)(=O)c1ccc(-c2noc(CN)n2)cc1. The van der Waals surface area contributed by atoms with E-state index < -0.39 is 9.84 Å². The normalized spacial score (nSPS) is 11.6. The van der Waals surface area contributed by atoms with Crippen molar-refractivity contribution >= 4 is 9.84 Å². The second kappa shape index (κ2) is 4.27. The first-order chi connectivity index (χ1) is 8.00. The van der Waals surface area contributed by atoms with Crippen molar-refractivity contribution in [2.24, 2.45) is 5.73 Å². The zero-order valence-electron chi connectivity index (χ0n) is 9.12. The van der Waals surface area contributed by atoms with Gasteiger partial charge < -0.3 is 10.3 Å². The van der Waals surface area contributed by atoms with Crippen LogP contribution in [0.4, 0.5) is 0 Å². The van der Waals surface area contributed by atoms with Crippen LogP contribution in [0.15, 0.2) is 33.7 Å². The zero-order valence-corrected chi connectivity index (χ0v) is 9.94. The third kappa shape index (κ3) is 2.51. The summed E-state index contributed by atoms with van der Waals surface area (Å²) in [4.78, 5) is 4.29. The molecule has 1 aromatic heterocycles. The zero-order chi connectivity index (χ0) is 12.5. The minimum atomic E-state index is -3.19. The quantitative estimate of drug-likeness (QED) is 0.859. The number of aromatic nitrogens is 2. The molecular weight excluding hydrogens is 242 g/mol. The van der Waals surface area contributed by atoms with Gasteiger partial charge in [0, 0.05) is 11.8 Å². The highest BCUT2D eigenvalue weighted by Gasteiger charge is 2.10. The van der Waals surface area contributed by atoms with E-state index in [1.165, 1.54) is 12.1 Å². The summed E-state index contributed by atoms with van der Waals surface area (Å²) in [7, 11) is -3.19. The van der Waals surface area contributed by atoms with Crippen LogP contribution < -0.4 is 5.73 Å². The Hall–Kier alpha value is -1.73. The lowest BCUT2D eigenvalue weighted by Crippen LogP contribution is -1.97. The number of nitrogens with zero attached hydrogens (tertiary/aromatic N) is 2. The summed E-state index contributed by atoms with van der Waals surface area (Å²) in [5, 5.41) is 3.73. The number of hydrogen-bond acceptors (Lipinski definition) is 6. The molecule has 0 atom stereocenters. The first kappa shape index (κ1) is 11.7. The van der Waals surface area contributed by atoms with Gasteiger partial charge in [0.25, 0.3) is 0 Å². The van der Waals surface area contributed by atoms with Crippen molar-refractivity contribution in [2.45, 2.75) is 11.4 Å². The highest BCUT2D eigenvalue weighted by Crippen LogP contribution is 2.18. The standard InChI is InChI=1S/C10H11N3O3S/c1-17(14,15)8-4-2-7(3-5-8)10-12-9(6-11)16-13-10/h2-5H,6,11H2,1H3. The minimum Gasteiger partial charge on any atom is -0.338 e. The van der Waals surface area contributed by atoms with E-state index in [1.54, 1.807) is 12.1 Å². The van der Waals surface area contributed by atoms with Crippen molar-refractivity contribution in [1.29, 1.82) is 0 Å². The predicted octanol–water partition coefficient (Wildman–Crippen LogP) is 0.599. The Kier molecular flexibility index (Phi) is 2.95. The van der Waals surface area contributed by atoms with Gasteiger partial charge in [0.15, 0.2) is 9.84 Å². The van der Waals surface area contributed by atoms with Gasteiger partial charge in [0.2, 0.25) is 11.7 Å². The van der Waals surface area contributed by atoms with Crippen LogP contribution in [0.25, 0.3) is 11.4 Å². The van der Waals surface area contributed by atoms with E-state index >= 15 is 0 Å². The molecule has 0 radical (unpaired) electrons. The van der Waals surface area contributed by atoms with Crippen molar-refractivity contribution in [1.82, 2.24) is 10.1 Å². The Morgan fingerprint density at radius 3 is 2.41 bits per heavy atom. The summed E-state index contributed by atoms with van der Waals surface area (Å²) in [5.74, 6) is 0.734. The van der Waals surface area contributed by atoms with E-state index in [0.29, 0.717) is 17.3 Å². The van der Waals surface area contributed by atoms with Gasteiger partial charge in [-0.2, -0.15) is 4.98 Å². The van der Waals surface area contributed by atoms with E-state index in [-0.39, 0.29) is 11.4 Å². The monoisotopic (exact) mass is 253 g/mol. The van der Waals surface area contributed by atoms with Gasteiger partial charge in [-0.1, -0.05) is 5.16 Å². The molecule has 17 heavy (non-hydrogen) atoms. The molecule has 1 heterocycles. The van der Waals surface area contributed by atoms with Crippen LogP contribution in [0.5, 0.6) is 0 Å². The van der Waals surface area contributed by atoms with Gasteiger partial charge in [-0.3, -0.25) is 0 Å². The van der Waals surface area contributed by atoms with Crippen LogP contribution in [-0.4, -0.2) is 24.8 Å². The maximum Gasteiger partial charge on any atom is 0.240 e. The fraction of sp³-hybridized carbons (Fsp3) is 0.200. The Labute approximate surface area is 98.4 Å². The van der Waals surface area contributed by atoms with Crippen LogP contribution in [0.2, 0.25) is 0 Å². The fourth-order valence-electron chi connectivity index (χ4n) is 1.31. The van der Waals surface area contributed by atoms with E-state index in [4.69, 9.17) is 10.3 Å². The minimum absolute atomic E-state index is 0.175. The smallest absolute Gasteiger partial charge is 0.240 e. The highest BCUT2D eigenvalue weighted by atomic mass is 32.2. The molecule has 0 aliphatic heterocycles. The van der Waals surface area contributed by atoms with Crippen LogP contribution in [-0.2, 0) is 16.4 Å². The Morgan fingerprint density at radius 1 is 1.29 bits per heavy atom. The molecule has 6 nitrogen and oxygen atoms in total. The van der Waals surface area contributed by atoms with Crippen molar-refractivity contribution < 1.29 is 12.9 Å². The Morgan fingerprint density at radius 2 is 1.94 bits per heavy atom. The maximum absolute atomic E-state index is 11.3. The molecule has 2 N–H and O–H groups in total. The summed E-state index contributed by atoms with van der Waals surface area (Å²) in [6, 6.07) is 6.26. The van der Waals surface area contributed by atoms with Gasteiger partial charge in [0.05, 0.1) is 11.4 Å². The van der Waals surface area contributed by atoms with E-state index in [0.717, 1.165) is 6.26 Å². The Balaban J connectivity index is 2.35. The van der Waals surface area contributed by atoms with Crippen LogP contribution >= 0.6 is 0 Å². The molecule has 0 saturated heterocycles. The molecule has 0 amide bonds. The highest BCUT2D eigenvalue weighted by molar-refractivity contribution is 7.90. The summed E-state index contributed by atoms with van der Waals surface area (Å²) < 4.78 is 27.4. The second-order valence-electron chi connectivity index (χ2n) is 3.51. The lowest BCUT2D eigenvalue weighted by molar-refractivity contribution is 0.380. The van der Waals surface area contributed by atoms with Gasteiger partial charge in [-0.05, 0) is 24.3 Å². The van der Waals surface area contributed by atoms with Crippen molar-refractivity contribution in [3.8, 4) is 11.4 Å². The topological polar surface area (TPSA) is 99.1 Å². The molecule has 0 spiro atoms. The third-order valence-electron chi connectivity index (χ3n) is 2.18. The molecule has 0 aliphatic rings. The molecule has 1 aromatic carbocycles. The molecule has 0 unspecified atom stereocenters. The summed E-state index contributed by atoms with van der Waals surface area (Å²) in [6.45, 7) is 0.175. The van der Waals surface area contributed by atoms with Crippen LogP contribution in [0.3, 0.4) is 0 Å². The summed E-state index contributed by atoms with van der Waals surface area (Å²) >= 11 is 0. The van der Waals surface area contributed by atoms with Crippen molar-refractivity contribution in [3.63, 3.8) is 0 Å². The average Bonchev–Trinajstić information content (AvgIpc) is 2.76. The van der Waals surface area contributed by atoms with Crippen LogP contribution in [0.1, 0.15) is 5.89 Å². The summed E-state index contributed by atoms with van der Waals surface area (Å²) in [5.41, 5.74) is 6.03. The molecule has 2 rings (SSSR count). The molecule has 0 bridgehead atoms. The molecule has 0 aliphatic carbocycles. The molecule has 7 heteroatoms. The average molecular weight is 253 g/mol.